The molecular formula is C17H21BrN2O3. The summed E-state index contributed by atoms with van der Waals surface area (Å²) in [5.74, 6) is -0.963. The maximum absolute atomic E-state index is 12.5. The van der Waals surface area contributed by atoms with Gasteiger partial charge in [-0.15, -0.1) is 0 Å². The van der Waals surface area contributed by atoms with E-state index in [4.69, 9.17) is 5.11 Å². The van der Waals surface area contributed by atoms with Gasteiger partial charge in [-0.2, -0.15) is 0 Å². The zero-order valence-electron chi connectivity index (χ0n) is 12.9. The van der Waals surface area contributed by atoms with Crippen LogP contribution < -0.4 is 5.32 Å². The minimum Gasteiger partial charge on any atom is -0.481 e. The van der Waals surface area contributed by atoms with Gasteiger partial charge in [0.15, 0.2) is 0 Å². The van der Waals surface area contributed by atoms with Gasteiger partial charge in [-0.3, -0.25) is 4.79 Å². The number of rotatable bonds is 2. The van der Waals surface area contributed by atoms with E-state index in [2.05, 4.69) is 27.3 Å². The number of hydrogen-bond donors (Lipinski definition) is 2. The van der Waals surface area contributed by atoms with Crippen molar-refractivity contribution in [2.75, 3.05) is 6.54 Å². The maximum atomic E-state index is 12.5. The van der Waals surface area contributed by atoms with Crippen molar-refractivity contribution in [3.63, 3.8) is 0 Å². The van der Waals surface area contributed by atoms with Gasteiger partial charge >= 0.3 is 12.0 Å². The monoisotopic (exact) mass is 380 g/mol. The predicted octanol–water partition coefficient (Wildman–Crippen LogP) is 3.16. The maximum Gasteiger partial charge on any atom is 0.317 e. The quantitative estimate of drug-likeness (QED) is 0.827. The standard InChI is InChI=1S/C17H21BrN2O3/c18-15-3-1-2-12-10-20(9-8-14(12)15)17(23)19-13-6-4-11(5-7-13)16(21)22/h1-3,11,13H,4-10H2,(H,19,23)(H,21,22). The molecule has 2 aliphatic rings. The van der Waals surface area contributed by atoms with Gasteiger partial charge in [0.25, 0.3) is 0 Å². The highest BCUT2D eigenvalue weighted by Crippen LogP contribution is 2.27. The van der Waals surface area contributed by atoms with E-state index < -0.39 is 5.97 Å². The second-order valence-electron chi connectivity index (χ2n) is 6.39. The summed E-state index contributed by atoms with van der Waals surface area (Å²) in [6.07, 6.45) is 3.65. The minimum absolute atomic E-state index is 0.0330. The Hall–Kier alpha value is -1.56. The van der Waals surface area contributed by atoms with Crippen LogP contribution in [0.1, 0.15) is 36.8 Å². The molecule has 0 saturated heterocycles. The van der Waals surface area contributed by atoms with Crippen LogP contribution in [0.2, 0.25) is 0 Å². The zero-order chi connectivity index (χ0) is 16.4. The van der Waals surface area contributed by atoms with Crippen molar-refractivity contribution in [2.45, 2.75) is 44.7 Å². The molecule has 1 aromatic carbocycles. The highest BCUT2D eigenvalue weighted by atomic mass is 79.9. The van der Waals surface area contributed by atoms with Gasteiger partial charge in [0.05, 0.1) is 5.92 Å². The topological polar surface area (TPSA) is 69.6 Å². The van der Waals surface area contributed by atoms with E-state index in [-0.39, 0.29) is 18.0 Å². The number of amides is 2. The predicted molar refractivity (Wildman–Crippen MR) is 90.2 cm³/mol. The molecule has 0 atom stereocenters. The number of urea groups is 1. The number of hydrogen-bond acceptors (Lipinski definition) is 2. The Morgan fingerprint density at radius 2 is 1.96 bits per heavy atom. The van der Waals surface area contributed by atoms with E-state index in [1.807, 2.05) is 17.0 Å². The SMILES string of the molecule is O=C(O)C1CCC(NC(=O)N2CCc3c(Br)cccc3C2)CC1. The fourth-order valence-corrected chi connectivity index (χ4v) is 4.09. The van der Waals surface area contributed by atoms with E-state index in [0.717, 1.165) is 23.7 Å². The molecule has 2 amide bonds. The van der Waals surface area contributed by atoms with Crippen LogP contribution in [-0.2, 0) is 17.8 Å². The minimum atomic E-state index is -0.715. The Morgan fingerprint density at radius 3 is 2.65 bits per heavy atom. The molecular weight excluding hydrogens is 360 g/mol. The van der Waals surface area contributed by atoms with Crippen LogP contribution in [0.4, 0.5) is 4.79 Å². The first-order valence-corrected chi connectivity index (χ1v) is 8.88. The second kappa shape index (κ2) is 6.91. The Labute approximate surface area is 144 Å². The molecule has 1 aromatic rings. The molecule has 0 bridgehead atoms. The van der Waals surface area contributed by atoms with Crippen molar-refractivity contribution in [3.8, 4) is 0 Å². The van der Waals surface area contributed by atoms with Gasteiger partial charge in [-0.25, -0.2) is 4.79 Å². The number of halogens is 1. The van der Waals surface area contributed by atoms with Crippen molar-refractivity contribution >= 4 is 27.9 Å². The Morgan fingerprint density at radius 1 is 1.22 bits per heavy atom. The molecule has 6 heteroatoms. The number of nitrogens with one attached hydrogen (secondary N) is 1. The van der Waals surface area contributed by atoms with Crippen LogP contribution in [-0.4, -0.2) is 34.6 Å². The Kier molecular flexibility index (Phi) is 4.90. The molecule has 0 spiro atoms. The van der Waals surface area contributed by atoms with E-state index >= 15 is 0 Å². The molecule has 3 rings (SSSR count). The number of nitrogens with zero attached hydrogens (tertiary/aromatic N) is 1. The number of benzene rings is 1. The molecule has 124 valence electrons. The lowest BCUT2D eigenvalue weighted by molar-refractivity contribution is -0.142. The summed E-state index contributed by atoms with van der Waals surface area (Å²) in [6, 6.07) is 6.17. The number of fused-ring (bicyclic) bond motifs is 1. The van der Waals surface area contributed by atoms with Gasteiger partial charge in [0.1, 0.15) is 0 Å². The molecule has 2 N–H and O–H groups in total. The molecule has 23 heavy (non-hydrogen) atoms. The van der Waals surface area contributed by atoms with Gasteiger partial charge < -0.3 is 15.3 Å². The number of carboxylic acids is 1. The summed E-state index contributed by atoms with van der Waals surface area (Å²) in [7, 11) is 0. The summed E-state index contributed by atoms with van der Waals surface area (Å²) in [5, 5.41) is 12.1. The smallest absolute Gasteiger partial charge is 0.317 e. The molecule has 1 fully saturated rings. The highest BCUT2D eigenvalue weighted by molar-refractivity contribution is 9.10. The Balaban J connectivity index is 1.55. The van der Waals surface area contributed by atoms with Crippen molar-refractivity contribution in [1.29, 1.82) is 0 Å². The number of carbonyl (C=O) groups excluding carboxylic acids is 1. The van der Waals surface area contributed by atoms with Gasteiger partial charge in [0.2, 0.25) is 0 Å². The summed E-state index contributed by atoms with van der Waals surface area (Å²) in [5.41, 5.74) is 2.48. The van der Waals surface area contributed by atoms with Crippen LogP contribution in [0.5, 0.6) is 0 Å². The Bertz CT molecular complexity index is 612. The fraction of sp³-hybridized carbons (Fsp3) is 0.529. The largest absolute Gasteiger partial charge is 0.481 e. The molecule has 5 nitrogen and oxygen atoms in total. The third-order valence-corrected chi connectivity index (χ3v) is 5.64. The fourth-order valence-electron chi connectivity index (χ4n) is 3.49. The first kappa shape index (κ1) is 16.3. The van der Waals surface area contributed by atoms with Crippen LogP contribution in [0.15, 0.2) is 22.7 Å². The lowest BCUT2D eigenvalue weighted by atomic mass is 9.86. The van der Waals surface area contributed by atoms with Crippen LogP contribution in [0.25, 0.3) is 0 Å². The highest BCUT2D eigenvalue weighted by Gasteiger charge is 2.28. The van der Waals surface area contributed by atoms with Crippen molar-refractivity contribution < 1.29 is 14.7 Å². The molecule has 1 aliphatic heterocycles. The van der Waals surface area contributed by atoms with Gasteiger partial charge in [-0.1, -0.05) is 28.1 Å². The van der Waals surface area contributed by atoms with E-state index in [1.165, 1.54) is 11.1 Å². The van der Waals surface area contributed by atoms with Gasteiger partial charge in [0, 0.05) is 23.6 Å². The molecule has 0 radical (unpaired) electrons. The summed E-state index contributed by atoms with van der Waals surface area (Å²) >= 11 is 3.57. The van der Waals surface area contributed by atoms with Crippen molar-refractivity contribution in [1.82, 2.24) is 10.2 Å². The first-order valence-electron chi connectivity index (χ1n) is 8.09. The molecule has 1 aliphatic carbocycles. The average Bonchev–Trinajstić information content (AvgIpc) is 2.55. The van der Waals surface area contributed by atoms with Crippen molar-refractivity contribution in [2.24, 2.45) is 5.92 Å². The zero-order valence-corrected chi connectivity index (χ0v) is 14.5. The summed E-state index contributed by atoms with van der Waals surface area (Å²) < 4.78 is 1.11. The van der Waals surface area contributed by atoms with E-state index in [9.17, 15) is 9.59 Å². The molecule has 1 heterocycles. The van der Waals surface area contributed by atoms with Crippen LogP contribution >= 0.6 is 15.9 Å². The second-order valence-corrected chi connectivity index (χ2v) is 7.24. The van der Waals surface area contributed by atoms with Crippen LogP contribution in [0, 0.1) is 5.92 Å². The summed E-state index contributed by atoms with van der Waals surface area (Å²) in [4.78, 5) is 25.3. The average molecular weight is 381 g/mol. The summed E-state index contributed by atoms with van der Waals surface area (Å²) in [6.45, 7) is 1.34. The third-order valence-electron chi connectivity index (χ3n) is 4.90. The first-order chi connectivity index (χ1) is 11.0. The normalized spacial score (nSPS) is 24.0. The molecule has 1 saturated carbocycles. The van der Waals surface area contributed by atoms with E-state index in [0.29, 0.717) is 25.9 Å². The number of carbonyl (C=O) groups is 2. The van der Waals surface area contributed by atoms with Gasteiger partial charge in [-0.05, 0) is 49.3 Å². The van der Waals surface area contributed by atoms with Crippen molar-refractivity contribution in [3.05, 3.63) is 33.8 Å². The lowest BCUT2D eigenvalue weighted by Crippen LogP contribution is -2.47. The lowest BCUT2D eigenvalue weighted by Gasteiger charge is -2.33. The number of carboxylic acid groups (broad SMARTS) is 1. The van der Waals surface area contributed by atoms with E-state index in [1.54, 1.807) is 0 Å². The number of aliphatic carboxylic acids is 1. The van der Waals surface area contributed by atoms with Crippen LogP contribution in [0.3, 0.4) is 0 Å². The third kappa shape index (κ3) is 3.68. The molecule has 0 aromatic heterocycles. The molecule has 0 unspecified atom stereocenters.